The van der Waals surface area contributed by atoms with Gasteiger partial charge < -0.3 is 20.6 Å². The van der Waals surface area contributed by atoms with E-state index in [0.717, 1.165) is 11.5 Å². The second-order valence-electron chi connectivity index (χ2n) is 8.64. The van der Waals surface area contributed by atoms with Crippen LogP contribution >= 0.6 is 0 Å². The number of nitrogens with one attached hydrogen (secondary N) is 2. The third-order valence-corrected chi connectivity index (χ3v) is 5.76. The molecule has 174 valence electrons. The van der Waals surface area contributed by atoms with Gasteiger partial charge in [0.15, 0.2) is 0 Å². The SMILES string of the molecule is Cc1ccc(CC(CN(C)C(=O)CO)Nc2ncccc2NC(C)c2ccc(C)cc2)cc1. The Balaban J connectivity index is 1.80. The summed E-state index contributed by atoms with van der Waals surface area (Å²) in [4.78, 5) is 18.1. The third kappa shape index (κ3) is 7.05. The fourth-order valence-corrected chi connectivity index (χ4v) is 3.72. The molecule has 0 aliphatic heterocycles. The van der Waals surface area contributed by atoms with Gasteiger partial charge in [0.25, 0.3) is 0 Å². The van der Waals surface area contributed by atoms with E-state index in [4.69, 9.17) is 0 Å². The molecule has 3 N–H and O–H groups in total. The molecule has 6 heteroatoms. The predicted octanol–water partition coefficient (Wildman–Crippen LogP) is 4.35. The summed E-state index contributed by atoms with van der Waals surface area (Å²) in [5.41, 5.74) is 5.70. The van der Waals surface area contributed by atoms with Gasteiger partial charge in [-0.3, -0.25) is 4.79 Å². The van der Waals surface area contributed by atoms with Crippen LogP contribution in [0.5, 0.6) is 0 Å². The second-order valence-corrected chi connectivity index (χ2v) is 8.64. The average molecular weight is 447 g/mol. The minimum atomic E-state index is -0.502. The quantitative estimate of drug-likeness (QED) is 0.432. The van der Waals surface area contributed by atoms with Crippen molar-refractivity contribution < 1.29 is 9.90 Å². The number of aliphatic hydroxyl groups excluding tert-OH is 1. The standard InChI is InChI=1S/C27H34N4O2/c1-19-7-11-22(12-8-19)16-24(17-31(4)26(33)18-32)30-27-25(6-5-15-28-27)29-21(3)23-13-9-20(2)10-14-23/h5-15,21,24,29,32H,16-18H2,1-4H3,(H,28,30). The molecule has 0 radical (unpaired) electrons. The number of aliphatic hydroxyl groups is 1. The molecular formula is C27H34N4O2. The molecule has 1 amide bonds. The first-order chi connectivity index (χ1) is 15.9. The summed E-state index contributed by atoms with van der Waals surface area (Å²) in [7, 11) is 1.71. The van der Waals surface area contributed by atoms with Gasteiger partial charge in [-0.25, -0.2) is 4.98 Å². The predicted molar refractivity (Wildman–Crippen MR) is 134 cm³/mol. The Hall–Kier alpha value is -3.38. The van der Waals surface area contributed by atoms with Crippen LogP contribution in [0.2, 0.25) is 0 Å². The molecule has 3 rings (SSSR count). The van der Waals surface area contributed by atoms with Crippen LogP contribution in [0.15, 0.2) is 66.9 Å². The number of hydrogen-bond acceptors (Lipinski definition) is 5. The number of aryl methyl sites for hydroxylation is 2. The highest BCUT2D eigenvalue weighted by molar-refractivity contribution is 5.77. The highest BCUT2D eigenvalue weighted by Gasteiger charge is 2.18. The normalized spacial score (nSPS) is 12.6. The molecule has 2 atom stereocenters. The zero-order valence-electron chi connectivity index (χ0n) is 19.9. The summed E-state index contributed by atoms with van der Waals surface area (Å²) in [6.07, 6.45) is 2.47. The highest BCUT2D eigenvalue weighted by Crippen LogP contribution is 2.25. The van der Waals surface area contributed by atoms with Crippen LogP contribution in [-0.4, -0.2) is 47.1 Å². The molecule has 0 spiro atoms. The van der Waals surface area contributed by atoms with Gasteiger partial charge in [-0.1, -0.05) is 59.7 Å². The Labute approximate surface area is 196 Å². The lowest BCUT2D eigenvalue weighted by Gasteiger charge is -2.27. The molecule has 33 heavy (non-hydrogen) atoms. The largest absolute Gasteiger partial charge is 0.387 e. The average Bonchev–Trinajstić information content (AvgIpc) is 2.81. The zero-order valence-corrected chi connectivity index (χ0v) is 19.9. The van der Waals surface area contributed by atoms with E-state index in [9.17, 15) is 9.90 Å². The number of anilines is 2. The van der Waals surface area contributed by atoms with Gasteiger partial charge in [-0.15, -0.1) is 0 Å². The van der Waals surface area contributed by atoms with Crippen molar-refractivity contribution in [1.29, 1.82) is 0 Å². The summed E-state index contributed by atoms with van der Waals surface area (Å²) >= 11 is 0. The van der Waals surface area contributed by atoms with Gasteiger partial charge in [-0.2, -0.15) is 0 Å². The highest BCUT2D eigenvalue weighted by atomic mass is 16.3. The third-order valence-electron chi connectivity index (χ3n) is 5.76. The first-order valence-corrected chi connectivity index (χ1v) is 11.3. The molecule has 6 nitrogen and oxygen atoms in total. The van der Waals surface area contributed by atoms with Crippen LogP contribution in [0.3, 0.4) is 0 Å². The van der Waals surface area contributed by atoms with Crippen molar-refractivity contribution in [3.63, 3.8) is 0 Å². The number of hydrogen-bond donors (Lipinski definition) is 3. The fourth-order valence-electron chi connectivity index (χ4n) is 3.72. The maximum Gasteiger partial charge on any atom is 0.248 e. The summed E-state index contributed by atoms with van der Waals surface area (Å²) < 4.78 is 0. The lowest BCUT2D eigenvalue weighted by atomic mass is 10.0. The van der Waals surface area contributed by atoms with Gasteiger partial charge >= 0.3 is 0 Å². The molecule has 3 aromatic rings. The number of amides is 1. The molecule has 0 fully saturated rings. The van der Waals surface area contributed by atoms with Gasteiger partial charge in [-0.05, 0) is 50.5 Å². The van der Waals surface area contributed by atoms with E-state index in [1.165, 1.54) is 22.3 Å². The second kappa shape index (κ2) is 11.5. The summed E-state index contributed by atoms with van der Waals surface area (Å²) in [5, 5.41) is 16.4. The maximum atomic E-state index is 12.0. The number of benzene rings is 2. The Morgan fingerprint density at radius 3 is 2.27 bits per heavy atom. The number of likely N-dealkylation sites (N-methyl/N-ethyl adjacent to an activating group) is 1. The molecule has 2 unspecified atom stereocenters. The number of aromatic nitrogens is 1. The smallest absolute Gasteiger partial charge is 0.248 e. The Kier molecular flexibility index (Phi) is 8.44. The van der Waals surface area contributed by atoms with Crippen LogP contribution in [0.1, 0.15) is 35.2 Å². The summed E-state index contributed by atoms with van der Waals surface area (Å²) in [6.45, 7) is 6.21. The van der Waals surface area contributed by atoms with E-state index in [1.807, 2.05) is 12.1 Å². The van der Waals surface area contributed by atoms with Crippen molar-refractivity contribution in [2.75, 3.05) is 30.8 Å². The molecule has 0 bridgehead atoms. The number of carbonyl (C=O) groups is 1. The van der Waals surface area contributed by atoms with Crippen molar-refractivity contribution in [3.05, 3.63) is 89.1 Å². The van der Waals surface area contributed by atoms with Gasteiger partial charge in [0.05, 0.1) is 5.69 Å². The van der Waals surface area contributed by atoms with Crippen molar-refractivity contribution in [1.82, 2.24) is 9.88 Å². The van der Waals surface area contributed by atoms with Crippen LogP contribution in [0.4, 0.5) is 11.5 Å². The zero-order chi connectivity index (χ0) is 23.8. The van der Waals surface area contributed by atoms with Crippen LogP contribution < -0.4 is 10.6 Å². The lowest BCUT2D eigenvalue weighted by Crippen LogP contribution is -2.40. The Morgan fingerprint density at radius 2 is 1.64 bits per heavy atom. The van der Waals surface area contributed by atoms with E-state index >= 15 is 0 Å². The van der Waals surface area contributed by atoms with Crippen LogP contribution in [0.25, 0.3) is 0 Å². The fraction of sp³-hybridized carbons (Fsp3) is 0.333. The van der Waals surface area contributed by atoms with Gasteiger partial charge in [0.1, 0.15) is 12.4 Å². The summed E-state index contributed by atoms with van der Waals surface area (Å²) in [5.74, 6) is 0.427. The molecule has 0 saturated heterocycles. The Bertz CT molecular complexity index is 1030. The number of carbonyl (C=O) groups excluding carboxylic acids is 1. The maximum absolute atomic E-state index is 12.0. The van der Waals surface area contributed by atoms with E-state index in [-0.39, 0.29) is 18.0 Å². The number of nitrogens with zero attached hydrogens (tertiary/aromatic N) is 2. The van der Waals surface area contributed by atoms with Crippen LogP contribution in [0, 0.1) is 13.8 Å². The number of rotatable bonds is 10. The van der Waals surface area contributed by atoms with Crippen molar-refractivity contribution in [2.24, 2.45) is 0 Å². The first-order valence-electron chi connectivity index (χ1n) is 11.3. The molecule has 2 aromatic carbocycles. The molecule has 1 heterocycles. The van der Waals surface area contributed by atoms with Crippen molar-refractivity contribution >= 4 is 17.4 Å². The van der Waals surface area contributed by atoms with Crippen molar-refractivity contribution in [2.45, 2.75) is 39.3 Å². The molecule has 0 saturated carbocycles. The van der Waals surface area contributed by atoms with E-state index < -0.39 is 6.61 Å². The molecule has 0 aliphatic rings. The van der Waals surface area contributed by atoms with Gasteiger partial charge in [0.2, 0.25) is 5.91 Å². The van der Waals surface area contributed by atoms with Gasteiger partial charge in [0, 0.05) is 31.9 Å². The van der Waals surface area contributed by atoms with E-state index in [1.54, 1.807) is 18.1 Å². The first kappa shape index (κ1) is 24.3. The number of pyridine rings is 1. The lowest BCUT2D eigenvalue weighted by molar-refractivity contribution is -0.132. The Morgan fingerprint density at radius 1 is 1.00 bits per heavy atom. The van der Waals surface area contributed by atoms with E-state index in [0.29, 0.717) is 13.0 Å². The minimum absolute atomic E-state index is 0.0849. The summed E-state index contributed by atoms with van der Waals surface area (Å²) in [6, 6.07) is 20.8. The molecule has 1 aromatic heterocycles. The molecular weight excluding hydrogens is 412 g/mol. The molecule has 0 aliphatic carbocycles. The van der Waals surface area contributed by atoms with Crippen molar-refractivity contribution in [3.8, 4) is 0 Å². The van der Waals surface area contributed by atoms with Crippen LogP contribution in [-0.2, 0) is 11.2 Å². The monoisotopic (exact) mass is 446 g/mol. The minimum Gasteiger partial charge on any atom is -0.387 e. The van der Waals surface area contributed by atoms with E-state index in [2.05, 4.69) is 84.9 Å². The topological polar surface area (TPSA) is 77.5 Å².